The van der Waals surface area contributed by atoms with Gasteiger partial charge in [-0.05, 0) is 54.6 Å². The Labute approximate surface area is 162 Å². The number of carbonyl (C=O) groups is 1. The lowest BCUT2D eigenvalue weighted by atomic mass is 10.2. The molecule has 0 fully saturated rings. The molecule has 2 aromatic heterocycles. The third-order valence-electron chi connectivity index (χ3n) is 3.83. The number of furan rings is 1. The molecule has 0 aliphatic carbocycles. The molecule has 0 amide bonds. The summed E-state index contributed by atoms with van der Waals surface area (Å²) >= 11 is 11.8. The first-order chi connectivity index (χ1) is 13.0. The van der Waals surface area contributed by atoms with Crippen molar-refractivity contribution >= 4 is 40.1 Å². The van der Waals surface area contributed by atoms with Crippen LogP contribution in [0.25, 0.3) is 22.5 Å². The topological polar surface area (TPSA) is 69.7 Å². The summed E-state index contributed by atoms with van der Waals surface area (Å²) in [5.41, 5.74) is -0.00931. The molecule has 2 heterocycles. The maximum absolute atomic E-state index is 13.0. The molecular weight excluding hydrogens is 391 g/mol. The van der Waals surface area contributed by atoms with Gasteiger partial charge in [0.2, 0.25) is 16.9 Å². The molecule has 0 atom stereocenters. The zero-order valence-electron chi connectivity index (χ0n) is 13.6. The molecule has 0 radical (unpaired) electrons. The van der Waals surface area contributed by atoms with Crippen LogP contribution in [0.15, 0.2) is 74.5 Å². The summed E-state index contributed by atoms with van der Waals surface area (Å²) in [5, 5.41) is 1.02. The molecule has 2 aromatic carbocycles. The Kier molecular flexibility index (Phi) is 4.48. The number of halogens is 2. The molecule has 0 saturated carbocycles. The van der Waals surface area contributed by atoms with Gasteiger partial charge < -0.3 is 13.6 Å². The van der Waals surface area contributed by atoms with E-state index in [1.165, 1.54) is 24.5 Å². The lowest BCUT2D eigenvalue weighted by Gasteiger charge is -2.09. The molecule has 4 rings (SSSR count). The Morgan fingerprint density at radius 2 is 1.70 bits per heavy atom. The van der Waals surface area contributed by atoms with Crippen LogP contribution in [-0.4, -0.2) is 5.97 Å². The van der Waals surface area contributed by atoms with Gasteiger partial charge in [-0.15, -0.1) is 0 Å². The van der Waals surface area contributed by atoms with Gasteiger partial charge in [-0.2, -0.15) is 0 Å². The Hall–Kier alpha value is -3.02. The maximum Gasteiger partial charge on any atom is 0.343 e. The van der Waals surface area contributed by atoms with E-state index in [0.29, 0.717) is 15.6 Å². The van der Waals surface area contributed by atoms with Crippen molar-refractivity contribution in [2.75, 3.05) is 0 Å². The van der Waals surface area contributed by atoms with Crippen molar-refractivity contribution < 1.29 is 18.4 Å². The van der Waals surface area contributed by atoms with Crippen LogP contribution in [0, 0.1) is 0 Å². The maximum atomic E-state index is 13.0. The Morgan fingerprint density at radius 1 is 0.963 bits per heavy atom. The molecule has 134 valence electrons. The van der Waals surface area contributed by atoms with E-state index in [0.717, 1.165) is 0 Å². The fraction of sp³-hybridized carbons (Fsp3) is 0. The smallest absolute Gasteiger partial charge is 0.343 e. The van der Waals surface area contributed by atoms with Crippen LogP contribution in [0.5, 0.6) is 5.75 Å². The number of hydrogen-bond donors (Lipinski definition) is 0. The van der Waals surface area contributed by atoms with Gasteiger partial charge in [-0.1, -0.05) is 23.2 Å². The molecule has 5 nitrogen and oxygen atoms in total. The first-order valence-corrected chi connectivity index (χ1v) is 8.56. The second kappa shape index (κ2) is 6.95. The van der Waals surface area contributed by atoms with Gasteiger partial charge in [0.1, 0.15) is 5.58 Å². The van der Waals surface area contributed by atoms with Crippen molar-refractivity contribution in [3.63, 3.8) is 0 Å². The van der Waals surface area contributed by atoms with Gasteiger partial charge in [0.15, 0.2) is 5.76 Å². The Morgan fingerprint density at radius 3 is 2.41 bits per heavy atom. The molecule has 0 spiro atoms. The summed E-state index contributed by atoms with van der Waals surface area (Å²) in [6.45, 7) is 0. The van der Waals surface area contributed by atoms with Crippen molar-refractivity contribution in [3.05, 3.63) is 86.7 Å². The second-order valence-corrected chi connectivity index (χ2v) is 6.48. The summed E-state index contributed by atoms with van der Waals surface area (Å²) in [7, 11) is 0. The number of esters is 1. The Bertz CT molecular complexity index is 1190. The quantitative estimate of drug-likeness (QED) is 0.419. The number of hydrogen-bond acceptors (Lipinski definition) is 5. The fourth-order valence-electron chi connectivity index (χ4n) is 2.55. The van der Waals surface area contributed by atoms with Gasteiger partial charge in [0.25, 0.3) is 0 Å². The average molecular weight is 401 g/mol. The van der Waals surface area contributed by atoms with Crippen LogP contribution in [0.4, 0.5) is 0 Å². The van der Waals surface area contributed by atoms with Crippen molar-refractivity contribution in [3.8, 4) is 17.3 Å². The molecule has 0 unspecified atom stereocenters. The summed E-state index contributed by atoms with van der Waals surface area (Å²) in [6, 6.07) is 13.9. The van der Waals surface area contributed by atoms with Gasteiger partial charge >= 0.3 is 5.97 Å². The van der Waals surface area contributed by atoms with E-state index < -0.39 is 11.4 Å². The van der Waals surface area contributed by atoms with Gasteiger partial charge in [-0.25, -0.2) is 4.79 Å². The minimum Gasteiger partial charge on any atom is -0.461 e. The summed E-state index contributed by atoms with van der Waals surface area (Å²) in [6.07, 6.45) is 1.42. The van der Waals surface area contributed by atoms with E-state index in [1.807, 2.05) is 0 Å². The van der Waals surface area contributed by atoms with E-state index in [2.05, 4.69) is 0 Å². The van der Waals surface area contributed by atoms with Crippen molar-refractivity contribution in [2.45, 2.75) is 0 Å². The van der Waals surface area contributed by atoms with E-state index >= 15 is 0 Å². The van der Waals surface area contributed by atoms with Crippen LogP contribution < -0.4 is 10.2 Å². The highest BCUT2D eigenvalue weighted by molar-refractivity contribution is 6.31. The number of carbonyl (C=O) groups excluding carboxylic acids is 1. The van der Waals surface area contributed by atoms with E-state index in [9.17, 15) is 9.59 Å². The SMILES string of the molecule is O=C(Oc1c(-c2ccco2)oc2ccc(Cl)cc2c1=O)c1ccc(Cl)cc1. The predicted molar refractivity (Wildman–Crippen MR) is 102 cm³/mol. The minimum absolute atomic E-state index is 0.0159. The highest BCUT2D eigenvalue weighted by Gasteiger charge is 2.23. The fourth-order valence-corrected chi connectivity index (χ4v) is 2.85. The first kappa shape index (κ1) is 17.4. The molecular formula is C20H10Cl2O5. The number of benzene rings is 2. The zero-order valence-corrected chi connectivity index (χ0v) is 15.1. The lowest BCUT2D eigenvalue weighted by Crippen LogP contribution is -2.16. The highest BCUT2D eigenvalue weighted by atomic mass is 35.5. The molecule has 4 aromatic rings. The molecule has 0 aliphatic heterocycles. The largest absolute Gasteiger partial charge is 0.461 e. The summed E-state index contributed by atoms with van der Waals surface area (Å²) < 4.78 is 16.5. The standard InChI is InChI=1S/C20H10Cl2O5/c21-12-5-3-11(4-6-12)20(24)27-19-17(23)14-10-13(22)7-8-15(14)26-18(19)16-2-1-9-25-16/h1-10H. The number of fused-ring (bicyclic) bond motifs is 1. The van der Waals surface area contributed by atoms with Crippen molar-refractivity contribution in [1.29, 1.82) is 0 Å². The third kappa shape index (κ3) is 3.35. The minimum atomic E-state index is -0.729. The van der Waals surface area contributed by atoms with Crippen LogP contribution in [0.1, 0.15) is 10.4 Å². The van der Waals surface area contributed by atoms with Gasteiger partial charge in [0.05, 0.1) is 17.2 Å². The Balaban J connectivity index is 1.88. The zero-order chi connectivity index (χ0) is 19.0. The molecule has 0 saturated heterocycles. The van der Waals surface area contributed by atoms with E-state index in [4.69, 9.17) is 36.8 Å². The molecule has 0 aliphatic rings. The van der Waals surface area contributed by atoms with Gasteiger partial charge in [-0.3, -0.25) is 4.79 Å². The van der Waals surface area contributed by atoms with Crippen molar-refractivity contribution in [1.82, 2.24) is 0 Å². The van der Waals surface area contributed by atoms with E-state index in [1.54, 1.807) is 36.4 Å². The van der Waals surface area contributed by atoms with E-state index in [-0.39, 0.29) is 28.2 Å². The first-order valence-electron chi connectivity index (χ1n) is 7.81. The second-order valence-electron chi connectivity index (χ2n) is 5.60. The van der Waals surface area contributed by atoms with Gasteiger partial charge in [0, 0.05) is 10.0 Å². The van der Waals surface area contributed by atoms with Crippen LogP contribution >= 0.6 is 23.2 Å². The van der Waals surface area contributed by atoms with Crippen LogP contribution in [0.3, 0.4) is 0 Å². The third-order valence-corrected chi connectivity index (χ3v) is 4.32. The summed E-state index contributed by atoms with van der Waals surface area (Å²) in [4.78, 5) is 25.5. The van der Waals surface area contributed by atoms with Crippen LogP contribution in [-0.2, 0) is 0 Å². The predicted octanol–water partition coefficient (Wildman–Crippen LogP) is 5.58. The lowest BCUT2D eigenvalue weighted by molar-refractivity contribution is 0.0731. The normalized spacial score (nSPS) is 10.9. The number of ether oxygens (including phenoxy) is 1. The molecule has 0 bridgehead atoms. The summed E-state index contributed by atoms with van der Waals surface area (Å²) in [5.74, 6) is -0.738. The monoisotopic (exact) mass is 400 g/mol. The highest BCUT2D eigenvalue weighted by Crippen LogP contribution is 2.32. The molecule has 0 N–H and O–H groups in total. The molecule has 27 heavy (non-hydrogen) atoms. The number of rotatable bonds is 3. The van der Waals surface area contributed by atoms with Crippen molar-refractivity contribution in [2.24, 2.45) is 0 Å². The molecule has 7 heteroatoms. The van der Waals surface area contributed by atoms with Crippen LogP contribution in [0.2, 0.25) is 10.0 Å². The average Bonchev–Trinajstić information content (AvgIpc) is 3.19.